The molecular formula is C17H22N2O6. The maximum atomic E-state index is 12.2. The minimum atomic E-state index is -0.836. The van der Waals surface area contributed by atoms with E-state index >= 15 is 0 Å². The summed E-state index contributed by atoms with van der Waals surface area (Å²) >= 11 is 0. The zero-order valence-electron chi connectivity index (χ0n) is 14.5. The molecule has 1 amide bonds. The van der Waals surface area contributed by atoms with Crippen LogP contribution in [0.5, 0.6) is 0 Å². The highest BCUT2D eigenvalue weighted by atomic mass is 16.6. The van der Waals surface area contributed by atoms with Crippen molar-refractivity contribution in [2.45, 2.75) is 58.2 Å². The molecule has 0 saturated heterocycles. The third-order valence-electron chi connectivity index (χ3n) is 3.64. The van der Waals surface area contributed by atoms with E-state index in [0.717, 1.165) is 31.7 Å². The second-order valence-electron chi connectivity index (χ2n) is 6.93. The molecule has 0 aromatic heterocycles. The summed E-state index contributed by atoms with van der Waals surface area (Å²) in [5.41, 5.74) is -1.05. The van der Waals surface area contributed by atoms with Crippen LogP contribution in [0.2, 0.25) is 0 Å². The maximum absolute atomic E-state index is 12.2. The molecule has 136 valence electrons. The van der Waals surface area contributed by atoms with Gasteiger partial charge in [-0.3, -0.25) is 15.4 Å². The van der Waals surface area contributed by atoms with Gasteiger partial charge in [-0.05, 0) is 58.6 Å². The molecule has 1 aromatic carbocycles. The molecular weight excluding hydrogens is 328 g/mol. The normalized spacial score (nSPS) is 14.8. The lowest BCUT2D eigenvalue weighted by Crippen LogP contribution is -2.27. The highest BCUT2D eigenvalue weighted by molar-refractivity contribution is 5.95. The monoisotopic (exact) mass is 350 g/mol. The number of hydrogen-bond acceptors (Lipinski definition) is 6. The van der Waals surface area contributed by atoms with E-state index < -0.39 is 22.6 Å². The van der Waals surface area contributed by atoms with E-state index in [1.165, 1.54) is 12.1 Å². The minimum Gasteiger partial charge on any atom is -0.459 e. The van der Waals surface area contributed by atoms with E-state index in [9.17, 15) is 19.7 Å². The number of nitrogens with zero attached hydrogens (tertiary/aromatic N) is 1. The van der Waals surface area contributed by atoms with Gasteiger partial charge in [0.15, 0.2) is 0 Å². The van der Waals surface area contributed by atoms with Crippen LogP contribution in [0.25, 0.3) is 0 Å². The van der Waals surface area contributed by atoms with Gasteiger partial charge in [0.1, 0.15) is 17.4 Å². The molecule has 1 aliphatic carbocycles. The summed E-state index contributed by atoms with van der Waals surface area (Å²) in [6.45, 7) is 5.03. The van der Waals surface area contributed by atoms with Gasteiger partial charge < -0.3 is 9.47 Å². The first-order valence-corrected chi connectivity index (χ1v) is 8.15. The lowest BCUT2D eigenvalue weighted by molar-refractivity contribution is -0.383. The van der Waals surface area contributed by atoms with Gasteiger partial charge in [-0.25, -0.2) is 9.59 Å². The first-order chi connectivity index (χ1) is 11.7. The number of carbonyl (C=O) groups excluding carboxylic acids is 2. The molecule has 0 spiro atoms. The predicted molar refractivity (Wildman–Crippen MR) is 90.6 cm³/mol. The Morgan fingerprint density at radius 1 is 1.24 bits per heavy atom. The number of nitro benzene ring substituents is 1. The molecule has 0 atom stereocenters. The van der Waals surface area contributed by atoms with Gasteiger partial charge in [0, 0.05) is 6.07 Å². The number of nitrogens with one attached hydrogen (secondary N) is 1. The van der Waals surface area contributed by atoms with E-state index in [-0.39, 0.29) is 23.0 Å². The number of carbonyl (C=O) groups is 2. The zero-order chi connectivity index (χ0) is 18.6. The van der Waals surface area contributed by atoms with E-state index in [0.29, 0.717) is 0 Å². The molecule has 0 heterocycles. The lowest BCUT2D eigenvalue weighted by Gasteiger charge is -2.19. The van der Waals surface area contributed by atoms with Gasteiger partial charge in [-0.15, -0.1) is 0 Å². The molecule has 8 nitrogen and oxygen atoms in total. The summed E-state index contributed by atoms with van der Waals surface area (Å²) in [6, 6.07) is 3.72. The SMILES string of the molecule is CC(C)(C)OC(=O)Nc1cc(C(=O)OC2CCCC2)ccc1[N+](=O)[O-]. The van der Waals surface area contributed by atoms with Crippen molar-refractivity contribution in [3.05, 3.63) is 33.9 Å². The molecule has 1 aliphatic rings. The maximum Gasteiger partial charge on any atom is 0.412 e. The highest BCUT2D eigenvalue weighted by Crippen LogP contribution is 2.28. The van der Waals surface area contributed by atoms with Crippen molar-refractivity contribution >= 4 is 23.4 Å². The fraction of sp³-hybridized carbons (Fsp3) is 0.529. The van der Waals surface area contributed by atoms with E-state index in [1.54, 1.807) is 20.8 Å². The molecule has 1 N–H and O–H groups in total. The molecule has 1 fully saturated rings. The van der Waals surface area contributed by atoms with Crippen molar-refractivity contribution in [1.82, 2.24) is 0 Å². The van der Waals surface area contributed by atoms with Gasteiger partial charge in [-0.1, -0.05) is 0 Å². The summed E-state index contributed by atoms with van der Waals surface area (Å²) in [5.74, 6) is -0.561. The van der Waals surface area contributed by atoms with E-state index in [1.807, 2.05) is 0 Å². The van der Waals surface area contributed by atoms with Crippen molar-refractivity contribution in [2.75, 3.05) is 5.32 Å². The number of ether oxygens (including phenoxy) is 2. The Labute approximate surface area is 145 Å². The summed E-state index contributed by atoms with van der Waals surface area (Å²) < 4.78 is 10.5. The summed E-state index contributed by atoms with van der Waals surface area (Å²) in [6.07, 6.45) is 2.72. The van der Waals surface area contributed by atoms with Crippen LogP contribution >= 0.6 is 0 Å². The van der Waals surface area contributed by atoms with E-state index in [4.69, 9.17) is 9.47 Å². The molecule has 1 aromatic rings. The lowest BCUT2D eigenvalue weighted by atomic mass is 10.1. The van der Waals surface area contributed by atoms with Gasteiger partial charge in [0.05, 0.1) is 10.5 Å². The third-order valence-corrected chi connectivity index (χ3v) is 3.64. The summed E-state index contributed by atoms with van der Waals surface area (Å²) in [4.78, 5) is 34.6. The van der Waals surface area contributed by atoms with Gasteiger partial charge in [0.25, 0.3) is 5.69 Å². The largest absolute Gasteiger partial charge is 0.459 e. The topological polar surface area (TPSA) is 108 Å². The Kier molecular flexibility index (Phi) is 5.61. The van der Waals surface area contributed by atoms with Crippen LogP contribution in [0.3, 0.4) is 0 Å². The molecule has 1 saturated carbocycles. The predicted octanol–water partition coefficient (Wildman–Crippen LogP) is 4.04. The number of anilines is 1. The standard InChI is InChI=1S/C17H22N2O6/c1-17(2,3)25-16(21)18-13-10-11(8-9-14(13)19(22)23)15(20)24-12-6-4-5-7-12/h8-10,12H,4-7H2,1-3H3,(H,18,21). The molecule has 0 unspecified atom stereocenters. The van der Waals surface area contributed by atoms with Crippen LogP contribution in [0.4, 0.5) is 16.2 Å². The molecule has 0 bridgehead atoms. The number of rotatable bonds is 4. The van der Waals surface area contributed by atoms with Gasteiger partial charge >= 0.3 is 12.1 Å². The first kappa shape index (κ1) is 18.7. The minimum absolute atomic E-state index is 0.111. The number of esters is 1. The Balaban J connectivity index is 2.18. The highest BCUT2D eigenvalue weighted by Gasteiger charge is 2.24. The fourth-order valence-electron chi connectivity index (χ4n) is 2.56. The Morgan fingerprint density at radius 2 is 1.88 bits per heavy atom. The van der Waals surface area contributed by atoms with Crippen molar-refractivity contribution in [1.29, 1.82) is 0 Å². The molecule has 8 heteroatoms. The molecule has 0 radical (unpaired) electrons. The molecule has 0 aliphatic heterocycles. The Bertz CT molecular complexity index is 674. The van der Waals surface area contributed by atoms with Crippen LogP contribution in [-0.2, 0) is 9.47 Å². The Hall–Kier alpha value is -2.64. The fourth-order valence-corrected chi connectivity index (χ4v) is 2.56. The molecule has 25 heavy (non-hydrogen) atoms. The smallest absolute Gasteiger partial charge is 0.412 e. The second kappa shape index (κ2) is 7.50. The van der Waals surface area contributed by atoms with Crippen molar-refractivity contribution in [2.24, 2.45) is 0 Å². The van der Waals surface area contributed by atoms with Gasteiger partial charge in [0.2, 0.25) is 0 Å². The second-order valence-corrected chi connectivity index (χ2v) is 6.93. The van der Waals surface area contributed by atoms with Crippen LogP contribution in [-0.4, -0.2) is 28.7 Å². The average Bonchev–Trinajstić information content (AvgIpc) is 2.97. The number of benzene rings is 1. The summed E-state index contributed by atoms with van der Waals surface area (Å²) in [5, 5.41) is 13.5. The van der Waals surface area contributed by atoms with Crippen LogP contribution < -0.4 is 5.32 Å². The third kappa shape index (κ3) is 5.44. The van der Waals surface area contributed by atoms with Crippen molar-refractivity contribution in [3.63, 3.8) is 0 Å². The van der Waals surface area contributed by atoms with Crippen molar-refractivity contribution < 1.29 is 24.0 Å². The number of hydrogen-bond donors (Lipinski definition) is 1. The Morgan fingerprint density at radius 3 is 2.44 bits per heavy atom. The van der Waals surface area contributed by atoms with Crippen molar-refractivity contribution in [3.8, 4) is 0 Å². The van der Waals surface area contributed by atoms with E-state index in [2.05, 4.69) is 5.32 Å². The van der Waals surface area contributed by atoms with Crippen LogP contribution in [0.1, 0.15) is 56.8 Å². The summed E-state index contributed by atoms with van der Waals surface area (Å²) in [7, 11) is 0. The quantitative estimate of drug-likeness (QED) is 0.499. The van der Waals surface area contributed by atoms with Gasteiger partial charge in [-0.2, -0.15) is 0 Å². The molecule has 2 rings (SSSR count). The van der Waals surface area contributed by atoms with Crippen LogP contribution in [0.15, 0.2) is 18.2 Å². The van der Waals surface area contributed by atoms with Crippen LogP contribution in [0, 0.1) is 10.1 Å². The average molecular weight is 350 g/mol. The zero-order valence-corrected chi connectivity index (χ0v) is 14.5. The first-order valence-electron chi connectivity index (χ1n) is 8.15. The number of amides is 1. The number of nitro groups is 1.